The summed E-state index contributed by atoms with van der Waals surface area (Å²) in [5.41, 5.74) is 3.79. The molecule has 1 aliphatic heterocycles. The van der Waals surface area contributed by atoms with E-state index in [0.29, 0.717) is 0 Å². The Morgan fingerprint density at radius 3 is 2.50 bits per heavy atom. The first-order valence-electron chi connectivity index (χ1n) is 5.78. The summed E-state index contributed by atoms with van der Waals surface area (Å²) in [5, 5.41) is 0.808. The summed E-state index contributed by atoms with van der Waals surface area (Å²) in [6.45, 7) is 0.987. The number of benzene rings is 2. The largest absolute Gasteiger partial charge is 1.00 e. The standard InChI is InChI=1S/C15H13ClN.BrH/c16-14-7-3-4-8-15(14)17-10-9-12-5-1-2-6-13(12)11-17;/h1-8,11H,9-10H2;1H/q+1;/p-1. The lowest BCUT2D eigenvalue weighted by molar-refractivity contribution is -0.436. The Labute approximate surface area is 122 Å². The molecule has 18 heavy (non-hydrogen) atoms. The van der Waals surface area contributed by atoms with E-state index in [1.165, 1.54) is 11.1 Å². The van der Waals surface area contributed by atoms with Crippen LogP contribution in [-0.2, 0) is 6.42 Å². The second kappa shape index (κ2) is 5.68. The molecule has 0 aliphatic carbocycles. The predicted molar refractivity (Wildman–Crippen MR) is 71.6 cm³/mol. The number of hydrogen-bond acceptors (Lipinski definition) is 0. The predicted octanol–water partition coefficient (Wildman–Crippen LogP) is 0.663. The first-order chi connectivity index (χ1) is 8.34. The van der Waals surface area contributed by atoms with Gasteiger partial charge >= 0.3 is 0 Å². The molecule has 2 aromatic carbocycles. The van der Waals surface area contributed by atoms with Gasteiger partial charge in [-0.1, -0.05) is 41.9 Å². The van der Waals surface area contributed by atoms with Crippen LogP contribution in [0.5, 0.6) is 0 Å². The molecule has 0 unspecified atom stereocenters. The first kappa shape index (κ1) is 13.3. The molecule has 3 heteroatoms. The minimum Gasteiger partial charge on any atom is -1.00 e. The fourth-order valence-electron chi connectivity index (χ4n) is 2.24. The van der Waals surface area contributed by atoms with Crippen molar-refractivity contribution < 1.29 is 21.6 Å². The van der Waals surface area contributed by atoms with Crippen molar-refractivity contribution in [2.75, 3.05) is 6.54 Å². The van der Waals surface area contributed by atoms with Crippen molar-refractivity contribution in [1.29, 1.82) is 0 Å². The second-order valence-corrected chi connectivity index (χ2v) is 4.63. The van der Waals surface area contributed by atoms with Gasteiger partial charge in [0.1, 0.15) is 5.02 Å². The zero-order valence-electron chi connectivity index (χ0n) is 9.81. The van der Waals surface area contributed by atoms with Crippen molar-refractivity contribution >= 4 is 23.5 Å². The Kier molecular flexibility index (Phi) is 4.20. The summed E-state index contributed by atoms with van der Waals surface area (Å²) in [5.74, 6) is 0. The van der Waals surface area contributed by atoms with E-state index in [1.807, 2.05) is 18.2 Å². The van der Waals surface area contributed by atoms with Crippen molar-refractivity contribution in [3.63, 3.8) is 0 Å². The van der Waals surface area contributed by atoms with E-state index in [2.05, 4.69) is 41.1 Å². The number of para-hydroxylation sites is 1. The minimum absolute atomic E-state index is 0. The Hall–Kier alpha value is -1.12. The smallest absolute Gasteiger partial charge is 0.224 e. The third kappa shape index (κ3) is 2.50. The lowest BCUT2D eigenvalue weighted by Gasteiger charge is -2.12. The van der Waals surface area contributed by atoms with Crippen LogP contribution in [0.2, 0.25) is 5.02 Å². The second-order valence-electron chi connectivity index (χ2n) is 4.22. The van der Waals surface area contributed by atoms with Crippen LogP contribution in [0.1, 0.15) is 11.1 Å². The maximum absolute atomic E-state index is 6.22. The van der Waals surface area contributed by atoms with Crippen molar-refractivity contribution in [2.45, 2.75) is 6.42 Å². The molecule has 0 aromatic heterocycles. The third-order valence-electron chi connectivity index (χ3n) is 3.13. The molecule has 0 bridgehead atoms. The van der Waals surface area contributed by atoms with E-state index in [1.54, 1.807) is 0 Å². The van der Waals surface area contributed by atoms with Crippen LogP contribution in [0.4, 0.5) is 5.69 Å². The van der Waals surface area contributed by atoms with Gasteiger partial charge in [-0.2, -0.15) is 4.58 Å². The average Bonchev–Trinajstić information content (AvgIpc) is 2.39. The SMILES string of the molecule is Clc1ccccc1[N+]1=Cc2ccccc2CC1.[Br-]. The quantitative estimate of drug-likeness (QED) is 0.679. The van der Waals surface area contributed by atoms with Crippen LogP contribution in [0.25, 0.3) is 0 Å². The summed E-state index contributed by atoms with van der Waals surface area (Å²) in [7, 11) is 0. The van der Waals surface area contributed by atoms with Gasteiger partial charge in [-0.05, 0) is 17.7 Å². The highest BCUT2D eigenvalue weighted by molar-refractivity contribution is 6.32. The Balaban J connectivity index is 0.00000120. The van der Waals surface area contributed by atoms with Crippen LogP contribution >= 0.6 is 11.6 Å². The Morgan fingerprint density at radius 1 is 0.944 bits per heavy atom. The van der Waals surface area contributed by atoms with Crippen LogP contribution in [0, 0.1) is 0 Å². The summed E-state index contributed by atoms with van der Waals surface area (Å²) in [6, 6.07) is 16.5. The Bertz CT molecular complexity index is 593. The molecular weight excluding hydrogens is 310 g/mol. The fourth-order valence-corrected chi connectivity index (χ4v) is 2.48. The zero-order chi connectivity index (χ0) is 11.7. The monoisotopic (exact) mass is 321 g/mol. The topological polar surface area (TPSA) is 3.01 Å². The number of hydrogen-bond donors (Lipinski definition) is 0. The van der Waals surface area contributed by atoms with Crippen molar-refractivity contribution in [2.24, 2.45) is 0 Å². The molecule has 0 amide bonds. The molecule has 92 valence electrons. The van der Waals surface area contributed by atoms with E-state index in [4.69, 9.17) is 11.6 Å². The number of fused-ring (bicyclic) bond motifs is 1. The molecule has 1 nitrogen and oxygen atoms in total. The van der Waals surface area contributed by atoms with Crippen LogP contribution in [-0.4, -0.2) is 17.3 Å². The van der Waals surface area contributed by atoms with Gasteiger partial charge < -0.3 is 17.0 Å². The van der Waals surface area contributed by atoms with E-state index in [0.717, 1.165) is 23.7 Å². The highest BCUT2D eigenvalue weighted by Gasteiger charge is 2.19. The molecule has 3 rings (SSSR count). The first-order valence-corrected chi connectivity index (χ1v) is 6.16. The van der Waals surface area contributed by atoms with Gasteiger partial charge in [0.25, 0.3) is 0 Å². The molecule has 0 spiro atoms. The molecule has 1 heterocycles. The van der Waals surface area contributed by atoms with Gasteiger partial charge in [0.05, 0.1) is 0 Å². The molecule has 1 aliphatic rings. The Morgan fingerprint density at radius 2 is 1.67 bits per heavy atom. The van der Waals surface area contributed by atoms with Crippen molar-refractivity contribution in [1.82, 2.24) is 0 Å². The van der Waals surface area contributed by atoms with Crippen LogP contribution in [0.15, 0.2) is 48.5 Å². The summed E-state index contributed by atoms with van der Waals surface area (Å²) in [6.07, 6.45) is 3.25. The molecule has 0 radical (unpaired) electrons. The summed E-state index contributed by atoms with van der Waals surface area (Å²) >= 11 is 6.22. The minimum atomic E-state index is 0. The highest BCUT2D eigenvalue weighted by atomic mass is 79.9. The lowest BCUT2D eigenvalue weighted by atomic mass is 10.0. The normalized spacial score (nSPS) is 13.3. The molecule has 0 saturated carbocycles. The van der Waals surface area contributed by atoms with E-state index >= 15 is 0 Å². The summed E-state index contributed by atoms with van der Waals surface area (Å²) in [4.78, 5) is 0. The van der Waals surface area contributed by atoms with E-state index in [9.17, 15) is 0 Å². The van der Waals surface area contributed by atoms with Crippen LogP contribution < -0.4 is 17.0 Å². The molecular formula is C15H13BrClN. The lowest BCUT2D eigenvalue weighted by Crippen LogP contribution is -3.00. The maximum Gasteiger partial charge on any atom is 0.224 e. The summed E-state index contributed by atoms with van der Waals surface area (Å²) < 4.78 is 2.23. The molecule has 0 saturated heterocycles. The van der Waals surface area contributed by atoms with E-state index < -0.39 is 0 Å². The third-order valence-corrected chi connectivity index (χ3v) is 3.45. The number of nitrogens with zero attached hydrogens (tertiary/aromatic N) is 1. The van der Waals surface area contributed by atoms with Crippen molar-refractivity contribution in [3.8, 4) is 0 Å². The molecule has 2 aromatic rings. The molecule has 0 atom stereocenters. The molecule has 0 fully saturated rings. The van der Waals surface area contributed by atoms with E-state index in [-0.39, 0.29) is 17.0 Å². The molecule has 0 N–H and O–H groups in total. The van der Waals surface area contributed by atoms with Crippen molar-refractivity contribution in [3.05, 3.63) is 64.7 Å². The fraction of sp³-hybridized carbons (Fsp3) is 0.133. The van der Waals surface area contributed by atoms with Gasteiger partial charge in [0, 0.05) is 18.1 Å². The highest BCUT2D eigenvalue weighted by Crippen LogP contribution is 2.25. The van der Waals surface area contributed by atoms with Gasteiger partial charge in [-0.25, -0.2) is 0 Å². The van der Waals surface area contributed by atoms with Gasteiger partial charge in [0.2, 0.25) is 5.69 Å². The van der Waals surface area contributed by atoms with Gasteiger partial charge in [-0.3, -0.25) is 0 Å². The van der Waals surface area contributed by atoms with Crippen LogP contribution in [0.3, 0.4) is 0 Å². The zero-order valence-corrected chi connectivity index (χ0v) is 12.2. The average molecular weight is 323 g/mol. The number of rotatable bonds is 1. The maximum atomic E-state index is 6.22. The van der Waals surface area contributed by atoms with Gasteiger partial charge in [-0.15, -0.1) is 0 Å². The number of halogens is 2. The van der Waals surface area contributed by atoms with Gasteiger partial charge in [0.15, 0.2) is 12.8 Å².